The number of nitrogens with two attached hydrogens (primary N) is 1. The summed E-state index contributed by atoms with van der Waals surface area (Å²) in [6.07, 6.45) is -3.25. The van der Waals surface area contributed by atoms with Crippen LogP contribution in [0.1, 0.15) is 42.3 Å². The normalized spacial score (nSPS) is 13.6. The van der Waals surface area contributed by atoms with Gasteiger partial charge in [0.15, 0.2) is 11.6 Å². The Hall–Kier alpha value is -2.70. The lowest BCUT2D eigenvalue weighted by Crippen LogP contribution is -2.36. The van der Waals surface area contributed by atoms with Crippen LogP contribution >= 0.6 is 11.3 Å². The molecule has 12 heteroatoms. The zero-order chi connectivity index (χ0) is 25.8. The quantitative estimate of drug-likeness (QED) is 0.207. The van der Waals surface area contributed by atoms with E-state index in [-0.39, 0.29) is 39.9 Å². The Kier molecular flexibility index (Phi) is 8.39. The Morgan fingerprint density at radius 2 is 1.69 bits per heavy atom. The summed E-state index contributed by atoms with van der Waals surface area (Å²) in [5.74, 6) is -3.59. The van der Waals surface area contributed by atoms with Gasteiger partial charge in [-0.25, -0.2) is 13.2 Å². The molecule has 1 atom stereocenters. The molecule has 3 aromatic rings. The number of alkyl halides is 3. The van der Waals surface area contributed by atoms with Gasteiger partial charge in [-0.05, 0) is 62.4 Å². The fourth-order valence-corrected chi connectivity index (χ4v) is 4.07. The number of hydrogen-bond acceptors (Lipinski definition) is 6. The van der Waals surface area contributed by atoms with E-state index in [9.17, 15) is 31.4 Å². The van der Waals surface area contributed by atoms with Crippen LogP contribution in [0.25, 0.3) is 10.6 Å². The van der Waals surface area contributed by atoms with Gasteiger partial charge in [0.05, 0.1) is 24.3 Å². The van der Waals surface area contributed by atoms with Gasteiger partial charge >= 0.3 is 6.18 Å². The molecule has 2 aromatic carbocycles. The van der Waals surface area contributed by atoms with Crippen LogP contribution in [0, 0.1) is 17.5 Å². The van der Waals surface area contributed by atoms with Gasteiger partial charge in [0, 0.05) is 11.6 Å². The number of aliphatic hydroxyl groups excluding tert-OH is 1. The number of rotatable bonds is 10. The van der Waals surface area contributed by atoms with E-state index in [1.54, 1.807) is 0 Å². The summed E-state index contributed by atoms with van der Waals surface area (Å²) in [6, 6.07) is 4.83. The average Bonchev–Trinajstić information content (AvgIpc) is 3.30. The van der Waals surface area contributed by atoms with E-state index >= 15 is 0 Å². The molecular weight excluding hydrogens is 496 g/mol. The minimum absolute atomic E-state index is 0.0202. The Bertz CT molecular complexity index is 1170. The Labute approximate surface area is 201 Å². The van der Waals surface area contributed by atoms with Crippen molar-refractivity contribution < 1.29 is 36.2 Å². The molecule has 3 rings (SSSR count). The van der Waals surface area contributed by atoms with Crippen molar-refractivity contribution in [2.75, 3.05) is 13.2 Å². The SMILES string of the molecule is C[C@](N)(CO)c1nnc(-c2ccc(OCCCCCc3cc(F)c(F)cc3F)c(C(F)(F)F)c2)s1. The van der Waals surface area contributed by atoms with Crippen molar-refractivity contribution in [2.45, 2.75) is 44.3 Å². The molecular formula is C23H23F6N3O2S. The predicted molar refractivity (Wildman–Crippen MR) is 118 cm³/mol. The van der Waals surface area contributed by atoms with Crippen LogP contribution in [0.4, 0.5) is 26.3 Å². The van der Waals surface area contributed by atoms with Crippen molar-refractivity contribution in [1.82, 2.24) is 10.2 Å². The van der Waals surface area contributed by atoms with Gasteiger partial charge in [-0.2, -0.15) is 13.2 Å². The van der Waals surface area contributed by atoms with Gasteiger partial charge in [-0.1, -0.05) is 11.3 Å². The number of unbranched alkanes of at least 4 members (excludes halogenated alkanes) is 2. The summed E-state index contributed by atoms with van der Waals surface area (Å²) in [6.45, 7) is 1.11. The zero-order valence-corrected chi connectivity index (χ0v) is 19.4. The summed E-state index contributed by atoms with van der Waals surface area (Å²) >= 11 is 0.984. The molecule has 0 amide bonds. The first-order chi connectivity index (χ1) is 16.4. The van der Waals surface area contributed by atoms with Gasteiger partial charge in [0.25, 0.3) is 0 Å². The zero-order valence-electron chi connectivity index (χ0n) is 18.6. The number of hydrogen-bond donors (Lipinski definition) is 2. The maximum atomic E-state index is 13.7. The molecule has 0 spiro atoms. The highest BCUT2D eigenvalue weighted by molar-refractivity contribution is 7.14. The van der Waals surface area contributed by atoms with Crippen LogP contribution in [0.2, 0.25) is 0 Å². The number of aliphatic hydroxyl groups is 1. The average molecular weight is 520 g/mol. The summed E-state index contributed by atoms with van der Waals surface area (Å²) in [7, 11) is 0. The molecule has 0 unspecified atom stereocenters. The van der Waals surface area contributed by atoms with Crippen LogP contribution in [0.5, 0.6) is 5.75 Å². The Balaban J connectivity index is 1.61. The first-order valence-corrected chi connectivity index (χ1v) is 11.5. The highest BCUT2D eigenvalue weighted by Gasteiger charge is 2.35. The summed E-state index contributed by atoms with van der Waals surface area (Å²) in [5.41, 5.74) is 3.97. The molecule has 0 bridgehead atoms. The van der Waals surface area contributed by atoms with Crippen molar-refractivity contribution in [1.29, 1.82) is 0 Å². The molecule has 1 aromatic heterocycles. The fraction of sp³-hybridized carbons (Fsp3) is 0.391. The third-order valence-electron chi connectivity index (χ3n) is 5.21. The van der Waals surface area contributed by atoms with E-state index < -0.39 is 41.3 Å². The van der Waals surface area contributed by atoms with Gasteiger partial charge in [0.2, 0.25) is 0 Å². The lowest BCUT2D eigenvalue weighted by molar-refractivity contribution is -0.138. The second-order valence-corrected chi connectivity index (χ2v) is 9.19. The fourth-order valence-electron chi connectivity index (χ4n) is 3.18. The molecule has 0 aliphatic carbocycles. The van der Waals surface area contributed by atoms with E-state index in [4.69, 9.17) is 10.5 Å². The monoisotopic (exact) mass is 519 g/mol. The predicted octanol–water partition coefficient (Wildman–Crippen LogP) is 5.60. The Morgan fingerprint density at radius 3 is 2.37 bits per heavy atom. The van der Waals surface area contributed by atoms with E-state index in [0.717, 1.165) is 23.5 Å². The molecule has 35 heavy (non-hydrogen) atoms. The van der Waals surface area contributed by atoms with E-state index in [0.29, 0.717) is 25.3 Å². The smallest absolute Gasteiger partial charge is 0.419 e. The number of benzene rings is 2. The van der Waals surface area contributed by atoms with Crippen molar-refractivity contribution in [3.05, 3.63) is 63.9 Å². The number of aromatic nitrogens is 2. The van der Waals surface area contributed by atoms with Gasteiger partial charge < -0.3 is 15.6 Å². The second-order valence-electron chi connectivity index (χ2n) is 8.21. The first kappa shape index (κ1) is 26.9. The molecule has 190 valence electrons. The van der Waals surface area contributed by atoms with Gasteiger partial charge in [-0.3, -0.25) is 0 Å². The third-order valence-corrected chi connectivity index (χ3v) is 6.46. The third kappa shape index (κ3) is 6.71. The Morgan fingerprint density at radius 1 is 0.971 bits per heavy atom. The van der Waals surface area contributed by atoms with Crippen LogP contribution in [0.3, 0.4) is 0 Å². The van der Waals surface area contributed by atoms with Crippen LogP contribution in [-0.2, 0) is 18.1 Å². The van der Waals surface area contributed by atoms with Crippen molar-refractivity contribution in [3.8, 4) is 16.3 Å². The minimum Gasteiger partial charge on any atom is -0.493 e. The summed E-state index contributed by atoms with van der Waals surface area (Å²) in [5, 5.41) is 17.6. The summed E-state index contributed by atoms with van der Waals surface area (Å²) < 4.78 is 86.2. The van der Waals surface area contributed by atoms with E-state index in [2.05, 4.69) is 10.2 Å². The van der Waals surface area contributed by atoms with Gasteiger partial charge in [-0.15, -0.1) is 10.2 Å². The van der Waals surface area contributed by atoms with Crippen LogP contribution < -0.4 is 10.5 Å². The number of halogens is 6. The largest absolute Gasteiger partial charge is 0.493 e. The molecule has 0 saturated carbocycles. The van der Waals surface area contributed by atoms with Gasteiger partial charge in [0.1, 0.15) is 21.6 Å². The molecule has 3 N–H and O–H groups in total. The molecule has 0 aliphatic heterocycles. The van der Waals surface area contributed by atoms with E-state index in [1.807, 2.05) is 0 Å². The van der Waals surface area contributed by atoms with Crippen molar-refractivity contribution in [2.24, 2.45) is 5.73 Å². The van der Waals surface area contributed by atoms with Crippen LogP contribution in [-0.4, -0.2) is 28.5 Å². The van der Waals surface area contributed by atoms with E-state index in [1.165, 1.54) is 19.1 Å². The molecule has 0 saturated heterocycles. The molecule has 5 nitrogen and oxygen atoms in total. The maximum Gasteiger partial charge on any atom is 0.419 e. The van der Waals surface area contributed by atoms with Crippen molar-refractivity contribution in [3.63, 3.8) is 0 Å². The highest BCUT2D eigenvalue weighted by atomic mass is 32.1. The second kappa shape index (κ2) is 10.9. The topological polar surface area (TPSA) is 81.3 Å². The molecule has 0 fully saturated rings. The summed E-state index contributed by atoms with van der Waals surface area (Å²) in [4.78, 5) is 0. The highest BCUT2D eigenvalue weighted by Crippen LogP contribution is 2.40. The number of nitrogens with zero attached hydrogens (tertiary/aromatic N) is 2. The lowest BCUT2D eigenvalue weighted by atomic mass is 10.1. The molecule has 0 aliphatic rings. The van der Waals surface area contributed by atoms with Crippen LogP contribution in [0.15, 0.2) is 30.3 Å². The molecule has 0 radical (unpaired) electrons. The molecule has 1 heterocycles. The number of aryl methyl sites for hydroxylation is 1. The maximum absolute atomic E-state index is 13.7. The lowest BCUT2D eigenvalue weighted by Gasteiger charge is -2.17. The first-order valence-electron chi connectivity index (χ1n) is 10.6. The minimum atomic E-state index is -4.68. The number of ether oxygens (including phenoxy) is 1. The standard InChI is InChI=1S/C23H23F6N3O2S/c1-22(30,12-33)21-32-31-20(35-21)14-6-7-19(15(9-14)23(27,28)29)34-8-4-2-3-5-13-10-17(25)18(26)11-16(13)24/h6-7,9-11,33H,2-5,8,12,30H2,1H3/t22-/m0/s1. The van der Waals surface area contributed by atoms with Crippen molar-refractivity contribution >= 4 is 11.3 Å².